The molecule has 0 amide bonds. The fourth-order valence-electron chi connectivity index (χ4n) is 2.17. The Bertz CT molecular complexity index is 457. The van der Waals surface area contributed by atoms with Gasteiger partial charge in [0.15, 0.2) is 0 Å². The summed E-state index contributed by atoms with van der Waals surface area (Å²) in [6.07, 6.45) is 0.448. The molecule has 1 atom stereocenters. The van der Waals surface area contributed by atoms with E-state index in [0.29, 0.717) is 18.9 Å². The van der Waals surface area contributed by atoms with Gasteiger partial charge in [0.2, 0.25) is 0 Å². The third-order valence-corrected chi connectivity index (χ3v) is 4.44. The van der Waals surface area contributed by atoms with E-state index in [1.807, 2.05) is 13.0 Å². The van der Waals surface area contributed by atoms with Crippen molar-refractivity contribution < 1.29 is 14.3 Å². The van der Waals surface area contributed by atoms with Gasteiger partial charge >= 0.3 is 5.97 Å². The third kappa shape index (κ3) is 6.42. The summed E-state index contributed by atoms with van der Waals surface area (Å²) in [5, 5.41) is 0.256. The van der Waals surface area contributed by atoms with Crippen LogP contribution in [-0.4, -0.2) is 30.7 Å². The maximum absolute atomic E-state index is 11.1. The van der Waals surface area contributed by atoms with Crippen LogP contribution in [0.3, 0.4) is 0 Å². The minimum Gasteiger partial charge on any atom is -0.493 e. The lowest BCUT2D eigenvalue weighted by atomic mass is 9.98. The zero-order valence-electron chi connectivity index (χ0n) is 13.6. The molecule has 1 rings (SSSR count). The van der Waals surface area contributed by atoms with Gasteiger partial charge in [-0.1, -0.05) is 26.8 Å². The Kier molecular flexibility index (Phi) is 7.65. The molecule has 0 saturated carbocycles. The Balaban J connectivity index is 2.33. The van der Waals surface area contributed by atoms with E-state index in [0.717, 1.165) is 11.5 Å². The topological polar surface area (TPSA) is 35.5 Å². The summed E-state index contributed by atoms with van der Waals surface area (Å²) in [7, 11) is 1.42. The number of esters is 1. The molecule has 0 N–H and O–H groups in total. The van der Waals surface area contributed by atoms with Crippen LogP contribution in [0.4, 0.5) is 0 Å². The molecule has 0 aliphatic carbocycles. The van der Waals surface area contributed by atoms with Gasteiger partial charge in [-0.2, -0.15) is 11.8 Å². The van der Waals surface area contributed by atoms with E-state index < -0.39 is 0 Å². The van der Waals surface area contributed by atoms with Crippen LogP contribution in [0.5, 0.6) is 5.75 Å². The summed E-state index contributed by atoms with van der Waals surface area (Å²) in [4.78, 5) is 11.1. The Morgan fingerprint density at radius 3 is 2.57 bits per heavy atom. The number of carbonyl (C=O) groups is 1. The molecule has 0 radical (unpaired) electrons. The Morgan fingerprint density at radius 2 is 2.00 bits per heavy atom. The number of benzene rings is 1. The molecule has 1 aromatic rings. The molecule has 118 valence electrons. The van der Waals surface area contributed by atoms with Crippen molar-refractivity contribution in [2.75, 3.05) is 19.5 Å². The molecule has 4 heteroatoms. The quantitative estimate of drug-likeness (QED) is 0.533. The van der Waals surface area contributed by atoms with Crippen molar-refractivity contribution in [1.82, 2.24) is 0 Å². The lowest BCUT2D eigenvalue weighted by molar-refractivity contribution is -0.140. The summed E-state index contributed by atoms with van der Waals surface area (Å²) in [6.45, 7) is 9.19. The first-order chi connectivity index (χ1) is 9.93. The fraction of sp³-hybridized carbons (Fsp3) is 0.588. The normalized spacial score (nSPS) is 12.3. The highest BCUT2D eigenvalue weighted by atomic mass is 32.2. The Hall–Kier alpha value is -1.16. The van der Waals surface area contributed by atoms with Crippen LogP contribution < -0.4 is 4.74 Å². The van der Waals surface area contributed by atoms with Crippen LogP contribution in [0.25, 0.3) is 0 Å². The van der Waals surface area contributed by atoms with Gasteiger partial charge in [-0.25, -0.2) is 0 Å². The Labute approximate surface area is 132 Å². The van der Waals surface area contributed by atoms with Crippen LogP contribution in [0, 0.1) is 6.92 Å². The molecule has 0 saturated heterocycles. The highest BCUT2D eigenvalue weighted by Gasteiger charge is 2.09. The summed E-state index contributed by atoms with van der Waals surface area (Å²) in [5.74, 6) is 2.16. The van der Waals surface area contributed by atoms with Crippen molar-refractivity contribution >= 4 is 17.7 Å². The van der Waals surface area contributed by atoms with Crippen LogP contribution in [0.2, 0.25) is 0 Å². The number of hydrogen-bond donors (Lipinski definition) is 0. The summed E-state index contributed by atoms with van der Waals surface area (Å²) >= 11 is 1.73. The minimum absolute atomic E-state index is 0.157. The molecule has 0 fully saturated rings. The summed E-state index contributed by atoms with van der Waals surface area (Å²) in [6, 6.07) is 6.27. The molecule has 0 aliphatic rings. The first-order valence-corrected chi connectivity index (χ1v) is 8.40. The van der Waals surface area contributed by atoms with Gasteiger partial charge in [0.25, 0.3) is 0 Å². The first-order valence-electron chi connectivity index (χ1n) is 7.35. The van der Waals surface area contributed by atoms with E-state index in [2.05, 4.69) is 37.6 Å². The molecule has 0 spiro atoms. The molecule has 0 aliphatic heterocycles. The maximum Gasteiger partial charge on any atom is 0.306 e. The van der Waals surface area contributed by atoms with Crippen molar-refractivity contribution in [3.05, 3.63) is 29.3 Å². The molecule has 0 aromatic heterocycles. The summed E-state index contributed by atoms with van der Waals surface area (Å²) in [5.41, 5.74) is 2.64. The van der Waals surface area contributed by atoms with Gasteiger partial charge < -0.3 is 9.47 Å². The SMILES string of the molecule is COC(=O)CC(C)SCCOc1ccc(C(C)C)c(C)c1. The molecule has 0 heterocycles. The zero-order valence-corrected chi connectivity index (χ0v) is 14.5. The van der Waals surface area contributed by atoms with Crippen molar-refractivity contribution in [3.63, 3.8) is 0 Å². The smallest absolute Gasteiger partial charge is 0.306 e. The van der Waals surface area contributed by atoms with E-state index in [1.165, 1.54) is 18.2 Å². The molecule has 1 unspecified atom stereocenters. The first kappa shape index (κ1) is 17.9. The Morgan fingerprint density at radius 1 is 1.29 bits per heavy atom. The standard InChI is InChI=1S/C17H26O3S/c1-12(2)16-7-6-15(10-13(16)3)20-8-9-21-14(4)11-17(18)19-5/h6-7,10,12,14H,8-9,11H2,1-5H3. The molecule has 3 nitrogen and oxygen atoms in total. The predicted octanol–water partition coefficient (Wildman–Crippen LogP) is 4.18. The average molecular weight is 310 g/mol. The molecular weight excluding hydrogens is 284 g/mol. The van der Waals surface area contributed by atoms with Gasteiger partial charge in [-0.15, -0.1) is 0 Å². The van der Waals surface area contributed by atoms with Gasteiger partial charge in [-0.05, 0) is 36.1 Å². The second-order valence-electron chi connectivity index (χ2n) is 5.48. The molecule has 1 aromatic carbocycles. The van der Waals surface area contributed by atoms with Crippen LogP contribution in [-0.2, 0) is 9.53 Å². The maximum atomic E-state index is 11.1. The van der Waals surface area contributed by atoms with Crippen LogP contribution in [0.1, 0.15) is 44.2 Å². The molecule has 21 heavy (non-hydrogen) atoms. The zero-order chi connectivity index (χ0) is 15.8. The van der Waals surface area contributed by atoms with Crippen molar-refractivity contribution in [3.8, 4) is 5.75 Å². The minimum atomic E-state index is -0.157. The molecule has 0 bridgehead atoms. The van der Waals surface area contributed by atoms with E-state index in [9.17, 15) is 4.79 Å². The number of thioether (sulfide) groups is 1. The number of hydrogen-bond acceptors (Lipinski definition) is 4. The predicted molar refractivity (Wildman–Crippen MR) is 89.3 cm³/mol. The lowest BCUT2D eigenvalue weighted by Crippen LogP contribution is -2.11. The van der Waals surface area contributed by atoms with Crippen molar-refractivity contribution in [2.24, 2.45) is 0 Å². The lowest BCUT2D eigenvalue weighted by Gasteiger charge is -2.13. The third-order valence-electron chi connectivity index (χ3n) is 3.30. The number of carbonyl (C=O) groups excluding carboxylic acids is 1. The van der Waals surface area contributed by atoms with Gasteiger partial charge in [0.05, 0.1) is 20.1 Å². The largest absolute Gasteiger partial charge is 0.493 e. The highest BCUT2D eigenvalue weighted by Crippen LogP contribution is 2.23. The van der Waals surface area contributed by atoms with Gasteiger partial charge in [0, 0.05) is 11.0 Å². The van der Waals surface area contributed by atoms with Gasteiger partial charge in [-0.3, -0.25) is 4.79 Å². The van der Waals surface area contributed by atoms with E-state index in [-0.39, 0.29) is 11.2 Å². The van der Waals surface area contributed by atoms with Gasteiger partial charge in [0.1, 0.15) is 5.75 Å². The number of ether oxygens (including phenoxy) is 2. The van der Waals surface area contributed by atoms with E-state index >= 15 is 0 Å². The van der Waals surface area contributed by atoms with Crippen molar-refractivity contribution in [2.45, 2.75) is 45.3 Å². The second-order valence-corrected chi connectivity index (χ2v) is 7.03. The monoisotopic (exact) mass is 310 g/mol. The van der Waals surface area contributed by atoms with E-state index in [4.69, 9.17) is 4.74 Å². The van der Waals surface area contributed by atoms with Crippen LogP contribution >= 0.6 is 11.8 Å². The summed E-state index contributed by atoms with van der Waals surface area (Å²) < 4.78 is 10.4. The molecular formula is C17H26O3S. The van der Waals surface area contributed by atoms with E-state index in [1.54, 1.807) is 11.8 Å². The van der Waals surface area contributed by atoms with Crippen molar-refractivity contribution in [1.29, 1.82) is 0 Å². The number of rotatable bonds is 8. The highest BCUT2D eigenvalue weighted by molar-refractivity contribution is 7.99. The number of methoxy groups -OCH3 is 1. The average Bonchev–Trinajstić information content (AvgIpc) is 2.43. The fourth-order valence-corrected chi connectivity index (χ4v) is 3.01. The number of aryl methyl sites for hydroxylation is 1. The van der Waals surface area contributed by atoms with Crippen LogP contribution in [0.15, 0.2) is 18.2 Å². The second kappa shape index (κ2) is 8.98.